The molecule has 1 aromatic carbocycles. The van der Waals surface area contributed by atoms with Gasteiger partial charge in [0.2, 0.25) is 0 Å². The van der Waals surface area contributed by atoms with E-state index in [0.717, 1.165) is 19.3 Å². The van der Waals surface area contributed by atoms with Crippen molar-refractivity contribution in [1.82, 2.24) is 5.32 Å². The van der Waals surface area contributed by atoms with Crippen LogP contribution in [-0.2, 0) is 0 Å². The number of benzene rings is 1. The highest BCUT2D eigenvalue weighted by Gasteiger charge is 2.34. The van der Waals surface area contributed by atoms with Gasteiger partial charge in [-0.2, -0.15) is 0 Å². The van der Waals surface area contributed by atoms with E-state index in [1.807, 2.05) is 0 Å². The average molecular weight is 289 g/mol. The van der Waals surface area contributed by atoms with Crippen LogP contribution in [0.3, 0.4) is 0 Å². The first-order chi connectivity index (χ1) is 8.48. The maximum absolute atomic E-state index is 11.6. The Morgan fingerprint density at radius 2 is 2.11 bits per heavy atom. The molecule has 18 heavy (non-hydrogen) atoms. The van der Waals surface area contributed by atoms with Crippen molar-refractivity contribution in [2.75, 3.05) is 11.9 Å². The molecule has 2 rings (SSSR count). The second kappa shape index (κ2) is 5.34. The Labute approximate surface area is 115 Å². The molecule has 0 atom stereocenters. The predicted octanol–water partition coefficient (Wildman–Crippen LogP) is 3.03. The van der Waals surface area contributed by atoms with Crippen LogP contribution in [0, 0.1) is 0 Å². The Bertz CT molecular complexity index is 461. The molecule has 6 heteroatoms. The van der Waals surface area contributed by atoms with Crippen LogP contribution >= 0.6 is 23.2 Å². The van der Waals surface area contributed by atoms with Crippen LogP contribution in [0.25, 0.3) is 0 Å². The lowest BCUT2D eigenvalue weighted by Gasteiger charge is -2.36. The molecule has 0 radical (unpaired) electrons. The third-order valence-electron chi connectivity index (χ3n) is 3.04. The summed E-state index contributed by atoms with van der Waals surface area (Å²) in [5.74, 6) is 0. The smallest absolute Gasteiger partial charge is 0.319 e. The Balaban J connectivity index is 1.87. The van der Waals surface area contributed by atoms with E-state index < -0.39 is 5.60 Å². The first kappa shape index (κ1) is 13.5. The molecule has 1 aliphatic carbocycles. The summed E-state index contributed by atoms with van der Waals surface area (Å²) in [6.07, 6.45) is 2.47. The van der Waals surface area contributed by atoms with Gasteiger partial charge in [0, 0.05) is 11.6 Å². The van der Waals surface area contributed by atoms with Crippen LogP contribution in [0.2, 0.25) is 10.0 Å². The second-order valence-corrected chi connectivity index (χ2v) is 5.35. The number of halogens is 2. The normalized spacial score (nSPS) is 16.8. The summed E-state index contributed by atoms with van der Waals surface area (Å²) in [4.78, 5) is 11.6. The molecule has 1 aliphatic rings. The van der Waals surface area contributed by atoms with Gasteiger partial charge < -0.3 is 15.7 Å². The van der Waals surface area contributed by atoms with Crippen molar-refractivity contribution >= 4 is 34.9 Å². The van der Waals surface area contributed by atoms with Crippen LogP contribution in [0.1, 0.15) is 19.3 Å². The molecule has 0 heterocycles. The van der Waals surface area contributed by atoms with E-state index in [-0.39, 0.29) is 12.6 Å². The van der Waals surface area contributed by atoms with E-state index in [9.17, 15) is 9.90 Å². The van der Waals surface area contributed by atoms with E-state index in [1.165, 1.54) is 0 Å². The fraction of sp³-hybridized carbons (Fsp3) is 0.417. The quantitative estimate of drug-likeness (QED) is 0.801. The van der Waals surface area contributed by atoms with E-state index in [1.54, 1.807) is 18.2 Å². The molecule has 0 aliphatic heterocycles. The number of hydrogen-bond acceptors (Lipinski definition) is 2. The van der Waals surface area contributed by atoms with Gasteiger partial charge >= 0.3 is 6.03 Å². The maximum Gasteiger partial charge on any atom is 0.319 e. The highest BCUT2D eigenvalue weighted by atomic mass is 35.5. The zero-order valence-electron chi connectivity index (χ0n) is 9.67. The van der Waals surface area contributed by atoms with Crippen molar-refractivity contribution in [2.24, 2.45) is 0 Å². The zero-order chi connectivity index (χ0) is 13.2. The molecule has 1 saturated carbocycles. The first-order valence-corrected chi connectivity index (χ1v) is 6.46. The lowest BCUT2D eigenvalue weighted by molar-refractivity contribution is -0.0287. The largest absolute Gasteiger partial charge is 0.388 e. The summed E-state index contributed by atoms with van der Waals surface area (Å²) in [7, 11) is 0. The summed E-state index contributed by atoms with van der Waals surface area (Å²) in [5, 5.41) is 15.9. The SMILES string of the molecule is O=C(NCC1(O)CCC1)Nc1ccc(Cl)cc1Cl. The summed E-state index contributed by atoms with van der Waals surface area (Å²) in [5.41, 5.74) is -0.250. The number of hydrogen-bond donors (Lipinski definition) is 3. The molecule has 1 fully saturated rings. The Morgan fingerprint density at radius 3 is 2.67 bits per heavy atom. The molecule has 0 bridgehead atoms. The molecule has 4 nitrogen and oxygen atoms in total. The Hall–Kier alpha value is -0.970. The summed E-state index contributed by atoms with van der Waals surface area (Å²) in [6, 6.07) is 4.43. The topological polar surface area (TPSA) is 61.4 Å². The molecule has 2 amide bonds. The third-order valence-corrected chi connectivity index (χ3v) is 3.59. The van der Waals surface area contributed by atoms with E-state index >= 15 is 0 Å². The number of carbonyl (C=O) groups excluding carboxylic acids is 1. The van der Waals surface area contributed by atoms with Gasteiger partial charge in [0.1, 0.15) is 0 Å². The minimum atomic E-state index is -0.735. The third kappa shape index (κ3) is 3.28. The van der Waals surface area contributed by atoms with Gasteiger partial charge in [-0.1, -0.05) is 23.2 Å². The van der Waals surface area contributed by atoms with Crippen LogP contribution in [0.15, 0.2) is 18.2 Å². The van der Waals surface area contributed by atoms with Crippen LogP contribution in [0.4, 0.5) is 10.5 Å². The van der Waals surface area contributed by atoms with Gasteiger partial charge in [-0.3, -0.25) is 0 Å². The maximum atomic E-state index is 11.6. The van der Waals surface area contributed by atoms with Crippen LogP contribution < -0.4 is 10.6 Å². The fourth-order valence-corrected chi connectivity index (χ4v) is 2.22. The van der Waals surface area contributed by atoms with Crippen LogP contribution in [0.5, 0.6) is 0 Å². The first-order valence-electron chi connectivity index (χ1n) is 5.71. The zero-order valence-corrected chi connectivity index (χ0v) is 11.2. The number of carbonyl (C=O) groups is 1. The highest BCUT2D eigenvalue weighted by Crippen LogP contribution is 2.30. The number of rotatable bonds is 3. The van der Waals surface area contributed by atoms with Crippen molar-refractivity contribution in [3.05, 3.63) is 28.2 Å². The van der Waals surface area contributed by atoms with Crippen molar-refractivity contribution < 1.29 is 9.90 Å². The minimum absolute atomic E-state index is 0.254. The second-order valence-electron chi connectivity index (χ2n) is 4.51. The summed E-state index contributed by atoms with van der Waals surface area (Å²) in [6.45, 7) is 0.254. The minimum Gasteiger partial charge on any atom is -0.388 e. The van der Waals surface area contributed by atoms with E-state index in [4.69, 9.17) is 23.2 Å². The van der Waals surface area contributed by atoms with Crippen molar-refractivity contribution in [3.8, 4) is 0 Å². The van der Waals surface area contributed by atoms with Crippen molar-refractivity contribution in [2.45, 2.75) is 24.9 Å². The Morgan fingerprint density at radius 1 is 1.39 bits per heavy atom. The number of anilines is 1. The van der Waals surface area contributed by atoms with E-state index in [0.29, 0.717) is 15.7 Å². The number of amides is 2. The monoisotopic (exact) mass is 288 g/mol. The lowest BCUT2D eigenvalue weighted by Crippen LogP contribution is -2.48. The molecule has 98 valence electrons. The molecule has 1 aromatic rings. The number of nitrogens with one attached hydrogen (secondary N) is 2. The molecular formula is C12H14Cl2N2O2. The standard InChI is InChI=1S/C12H14Cl2N2O2/c13-8-2-3-10(9(14)6-8)16-11(17)15-7-12(18)4-1-5-12/h2-3,6,18H,1,4-5,7H2,(H2,15,16,17). The van der Waals surface area contributed by atoms with E-state index in [2.05, 4.69) is 10.6 Å². The van der Waals surface area contributed by atoms with Crippen molar-refractivity contribution in [3.63, 3.8) is 0 Å². The fourth-order valence-electron chi connectivity index (χ4n) is 1.76. The number of aliphatic hydroxyl groups is 1. The molecular weight excluding hydrogens is 275 g/mol. The predicted molar refractivity (Wildman–Crippen MR) is 72.3 cm³/mol. The van der Waals surface area contributed by atoms with Gasteiger partial charge in [0.25, 0.3) is 0 Å². The molecule has 3 N–H and O–H groups in total. The molecule has 0 spiro atoms. The van der Waals surface area contributed by atoms with Gasteiger partial charge in [0.05, 0.1) is 16.3 Å². The summed E-state index contributed by atoms with van der Waals surface area (Å²) < 4.78 is 0. The molecule has 0 unspecified atom stereocenters. The van der Waals surface area contributed by atoms with Gasteiger partial charge in [0.15, 0.2) is 0 Å². The average Bonchev–Trinajstić information content (AvgIpc) is 2.28. The van der Waals surface area contributed by atoms with Gasteiger partial charge in [-0.05, 0) is 37.5 Å². The van der Waals surface area contributed by atoms with Gasteiger partial charge in [-0.15, -0.1) is 0 Å². The van der Waals surface area contributed by atoms with Crippen molar-refractivity contribution in [1.29, 1.82) is 0 Å². The van der Waals surface area contributed by atoms with Crippen LogP contribution in [-0.4, -0.2) is 23.3 Å². The van der Waals surface area contributed by atoms with Gasteiger partial charge in [-0.25, -0.2) is 4.79 Å². The molecule has 0 saturated heterocycles. The Kier molecular flexibility index (Phi) is 4.00. The molecule has 0 aromatic heterocycles. The summed E-state index contributed by atoms with van der Waals surface area (Å²) >= 11 is 11.7. The number of urea groups is 1. The highest BCUT2D eigenvalue weighted by molar-refractivity contribution is 6.36. The lowest BCUT2D eigenvalue weighted by atomic mass is 9.80.